The predicted octanol–water partition coefficient (Wildman–Crippen LogP) is 4.80. The van der Waals surface area contributed by atoms with Gasteiger partial charge in [-0.2, -0.15) is 0 Å². The molecule has 126 valence electrons. The first-order valence-corrected chi connectivity index (χ1v) is 9.18. The number of unbranched alkanes of at least 4 members (excludes halogenated alkanes) is 9. The maximum atomic E-state index is 7.47. The molecule has 0 aliphatic carbocycles. The lowest BCUT2D eigenvalue weighted by atomic mass is 10.1. The van der Waals surface area contributed by atoms with Crippen LogP contribution in [0.25, 0.3) is 0 Å². The number of hydrogen-bond acceptors (Lipinski definition) is 2. The molecule has 0 rings (SSSR count). The van der Waals surface area contributed by atoms with E-state index >= 15 is 0 Å². The van der Waals surface area contributed by atoms with E-state index in [4.69, 9.17) is 11.1 Å². The summed E-state index contributed by atoms with van der Waals surface area (Å²) in [5.41, 5.74) is 5.55. The van der Waals surface area contributed by atoms with E-state index in [1.54, 1.807) is 0 Å². The van der Waals surface area contributed by atoms with E-state index in [2.05, 4.69) is 18.7 Å². The molecule has 3 N–H and O–H groups in total. The van der Waals surface area contributed by atoms with Gasteiger partial charge in [-0.25, -0.2) is 0 Å². The Morgan fingerprint density at radius 2 is 1.38 bits per heavy atom. The van der Waals surface area contributed by atoms with Crippen molar-refractivity contribution in [1.29, 1.82) is 5.41 Å². The third-order valence-electron chi connectivity index (χ3n) is 4.34. The molecule has 0 aromatic carbocycles. The maximum absolute atomic E-state index is 7.47. The van der Waals surface area contributed by atoms with Crippen molar-refractivity contribution < 1.29 is 0 Å². The van der Waals surface area contributed by atoms with E-state index in [1.807, 2.05) is 6.92 Å². The molecule has 0 radical (unpaired) electrons. The lowest BCUT2D eigenvalue weighted by Crippen LogP contribution is -2.35. The van der Waals surface area contributed by atoms with Crippen LogP contribution in [0, 0.1) is 11.3 Å². The molecule has 0 aliphatic heterocycles. The van der Waals surface area contributed by atoms with Gasteiger partial charge in [-0.1, -0.05) is 78.6 Å². The highest BCUT2D eigenvalue weighted by Crippen LogP contribution is 2.11. The zero-order valence-electron chi connectivity index (χ0n) is 14.8. The van der Waals surface area contributed by atoms with Crippen LogP contribution in [-0.2, 0) is 0 Å². The first-order chi connectivity index (χ1) is 10.1. The minimum absolute atomic E-state index is 0.188. The zero-order chi connectivity index (χ0) is 15.9. The van der Waals surface area contributed by atoms with Crippen molar-refractivity contribution in [3.05, 3.63) is 0 Å². The fourth-order valence-corrected chi connectivity index (χ4v) is 2.69. The zero-order valence-corrected chi connectivity index (χ0v) is 14.8. The van der Waals surface area contributed by atoms with Gasteiger partial charge < -0.3 is 10.6 Å². The molecule has 0 aliphatic rings. The monoisotopic (exact) mass is 297 g/mol. The summed E-state index contributed by atoms with van der Waals surface area (Å²) < 4.78 is 0. The highest BCUT2D eigenvalue weighted by molar-refractivity contribution is 5.79. The van der Waals surface area contributed by atoms with Crippen LogP contribution in [-0.4, -0.2) is 30.4 Å². The average molecular weight is 298 g/mol. The van der Waals surface area contributed by atoms with Crippen LogP contribution in [0.2, 0.25) is 0 Å². The molecule has 1 unspecified atom stereocenters. The van der Waals surface area contributed by atoms with Crippen molar-refractivity contribution in [2.24, 2.45) is 11.7 Å². The van der Waals surface area contributed by atoms with Crippen molar-refractivity contribution in [1.82, 2.24) is 4.90 Å². The summed E-state index contributed by atoms with van der Waals surface area (Å²) in [6, 6.07) is 0. The summed E-state index contributed by atoms with van der Waals surface area (Å²) in [6.07, 6.45) is 13.9. The first-order valence-electron chi connectivity index (χ1n) is 9.18. The van der Waals surface area contributed by atoms with Gasteiger partial charge in [0.05, 0.1) is 5.84 Å². The molecular weight excluding hydrogens is 258 g/mol. The van der Waals surface area contributed by atoms with Crippen LogP contribution in [0.15, 0.2) is 0 Å². The fraction of sp³-hybridized carbons (Fsp3) is 0.944. The molecule has 0 aromatic heterocycles. The number of nitrogens with one attached hydrogen (secondary N) is 1. The predicted molar refractivity (Wildman–Crippen MR) is 95.0 cm³/mol. The molecular formula is C18H39N3. The summed E-state index contributed by atoms with van der Waals surface area (Å²) >= 11 is 0. The van der Waals surface area contributed by atoms with Gasteiger partial charge >= 0.3 is 0 Å². The van der Waals surface area contributed by atoms with Crippen molar-refractivity contribution in [3.8, 4) is 0 Å². The van der Waals surface area contributed by atoms with E-state index in [0.29, 0.717) is 5.84 Å². The van der Waals surface area contributed by atoms with E-state index < -0.39 is 0 Å². The van der Waals surface area contributed by atoms with Crippen molar-refractivity contribution in [2.45, 2.75) is 85.0 Å². The number of rotatable bonds is 15. The summed E-state index contributed by atoms with van der Waals surface area (Å²) in [5, 5.41) is 7.47. The minimum Gasteiger partial charge on any atom is -0.387 e. The van der Waals surface area contributed by atoms with Gasteiger partial charge in [-0.3, -0.25) is 5.41 Å². The molecule has 1 atom stereocenters. The Bertz CT molecular complexity index is 241. The van der Waals surface area contributed by atoms with Crippen LogP contribution in [0.1, 0.15) is 85.0 Å². The molecule has 0 fully saturated rings. The molecule has 0 heterocycles. The lowest BCUT2D eigenvalue weighted by molar-refractivity contribution is 0.264. The topological polar surface area (TPSA) is 53.1 Å². The Hall–Kier alpha value is -0.570. The Morgan fingerprint density at radius 3 is 1.81 bits per heavy atom. The first kappa shape index (κ1) is 20.4. The summed E-state index contributed by atoms with van der Waals surface area (Å²) in [6.45, 7) is 9.67. The second-order valence-corrected chi connectivity index (χ2v) is 6.43. The second kappa shape index (κ2) is 14.4. The molecule has 0 spiro atoms. The normalized spacial score (nSPS) is 12.8. The fourth-order valence-electron chi connectivity index (χ4n) is 2.69. The number of nitrogens with two attached hydrogens (primary N) is 1. The minimum atomic E-state index is 0.188. The van der Waals surface area contributed by atoms with Gasteiger partial charge in [0.25, 0.3) is 0 Å². The molecule has 0 saturated carbocycles. The van der Waals surface area contributed by atoms with E-state index in [-0.39, 0.29) is 5.92 Å². The number of amidine groups is 1. The van der Waals surface area contributed by atoms with Gasteiger partial charge in [0.1, 0.15) is 0 Å². The molecule has 0 aromatic rings. The molecule has 0 amide bonds. The van der Waals surface area contributed by atoms with Crippen LogP contribution >= 0.6 is 0 Å². The third-order valence-corrected chi connectivity index (χ3v) is 4.34. The van der Waals surface area contributed by atoms with Crippen molar-refractivity contribution >= 4 is 5.84 Å². The molecule has 3 nitrogen and oxygen atoms in total. The standard InChI is InChI=1S/C18H39N3/c1-4-6-7-8-9-10-11-12-13-14-15-21(5-2)16-17(3)18(19)20/h17H,4-16H2,1-3H3,(H3,19,20). The van der Waals surface area contributed by atoms with Gasteiger partial charge in [-0.05, 0) is 19.5 Å². The third kappa shape index (κ3) is 12.9. The van der Waals surface area contributed by atoms with Crippen molar-refractivity contribution in [2.75, 3.05) is 19.6 Å². The smallest absolute Gasteiger partial charge is 0.0947 e. The van der Waals surface area contributed by atoms with Crippen LogP contribution in [0.3, 0.4) is 0 Å². The average Bonchev–Trinajstić information content (AvgIpc) is 2.47. The van der Waals surface area contributed by atoms with Crippen LogP contribution < -0.4 is 5.73 Å². The van der Waals surface area contributed by atoms with E-state index in [9.17, 15) is 0 Å². The lowest BCUT2D eigenvalue weighted by Gasteiger charge is -2.23. The van der Waals surface area contributed by atoms with Gasteiger partial charge in [0.2, 0.25) is 0 Å². The molecule has 0 saturated heterocycles. The SMILES string of the molecule is CCCCCCCCCCCCN(CC)CC(C)C(=N)N. The Balaban J connectivity index is 3.41. The second-order valence-electron chi connectivity index (χ2n) is 6.43. The molecule has 0 bridgehead atoms. The Morgan fingerprint density at radius 1 is 0.905 bits per heavy atom. The Labute approximate surface area is 133 Å². The van der Waals surface area contributed by atoms with Gasteiger partial charge in [0, 0.05) is 12.5 Å². The molecule has 3 heteroatoms. The number of hydrogen-bond donors (Lipinski definition) is 2. The Kier molecular flexibility index (Phi) is 14.0. The number of nitrogens with zero attached hydrogens (tertiary/aromatic N) is 1. The van der Waals surface area contributed by atoms with Gasteiger partial charge in [-0.15, -0.1) is 0 Å². The maximum Gasteiger partial charge on any atom is 0.0947 e. The van der Waals surface area contributed by atoms with Gasteiger partial charge in [0.15, 0.2) is 0 Å². The van der Waals surface area contributed by atoms with E-state index in [1.165, 1.54) is 64.2 Å². The van der Waals surface area contributed by atoms with Crippen molar-refractivity contribution in [3.63, 3.8) is 0 Å². The highest BCUT2D eigenvalue weighted by Gasteiger charge is 2.10. The summed E-state index contributed by atoms with van der Waals surface area (Å²) in [5.74, 6) is 0.504. The van der Waals surface area contributed by atoms with Crippen LogP contribution in [0.5, 0.6) is 0 Å². The quantitative estimate of drug-likeness (QED) is 0.259. The van der Waals surface area contributed by atoms with E-state index in [0.717, 1.165) is 19.6 Å². The van der Waals surface area contributed by atoms with Crippen LogP contribution in [0.4, 0.5) is 0 Å². The highest BCUT2D eigenvalue weighted by atomic mass is 15.1. The molecule has 21 heavy (non-hydrogen) atoms. The summed E-state index contributed by atoms with van der Waals surface area (Å²) in [4.78, 5) is 2.43. The summed E-state index contributed by atoms with van der Waals surface area (Å²) in [7, 11) is 0. The largest absolute Gasteiger partial charge is 0.387 e.